The number of halogens is 4. The molecule has 0 spiro atoms. The van der Waals surface area contributed by atoms with E-state index in [1.165, 1.54) is 37.4 Å². The number of aryl methyl sites for hydroxylation is 1. The molecule has 0 saturated heterocycles. The average molecular weight is 465 g/mol. The van der Waals surface area contributed by atoms with Crippen molar-refractivity contribution < 1.29 is 27.9 Å². The number of nitriles is 1. The van der Waals surface area contributed by atoms with Crippen molar-refractivity contribution in [2.45, 2.75) is 13.1 Å². The Bertz CT molecular complexity index is 1270. The van der Waals surface area contributed by atoms with Crippen LogP contribution in [0.1, 0.15) is 27.3 Å². The first-order chi connectivity index (χ1) is 15.0. The molecule has 9 nitrogen and oxygen atoms in total. The first-order valence-electron chi connectivity index (χ1n) is 8.65. The molecule has 0 unspecified atom stereocenters. The van der Waals surface area contributed by atoms with Gasteiger partial charge >= 0.3 is 12.3 Å². The largest absolute Gasteiger partial charge is 0.465 e. The van der Waals surface area contributed by atoms with E-state index < -0.39 is 29.6 Å². The van der Waals surface area contributed by atoms with Crippen LogP contribution >= 0.6 is 11.6 Å². The summed E-state index contributed by atoms with van der Waals surface area (Å²) in [7, 11) is 0. The summed E-state index contributed by atoms with van der Waals surface area (Å²) in [4.78, 5) is 27.9. The first-order valence-corrected chi connectivity index (χ1v) is 9.03. The normalized spacial score (nSPS) is 11.0. The number of anilines is 2. The molecule has 0 aliphatic rings. The van der Waals surface area contributed by atoms with E-state index in [-0.39, 0.29) is 27.8 Å². The van der Waals surface area contributed by atoms with Gasteiger partial charge in [-0.1, -0.05) is 11.6 Å². The van der Waals surface area contributed by atoms with E-state index in [1.807, 2.05) is 11.4 Å². The topological polar surface area (TPSA) is 133 Å². The third kappa shape index (κ3) is 4.62. The Morgan fingerprint density at radius 2 is 1.97 bits per heavy atom. The number of carboxylic acid groups (broad SMARTS) is 1. The predicted molar refractivity (Wildman–Crippen MR) is 107 cm³/mol. The highest BCUT2D eigenvalue weighted by Crippen LogP contribution is 2.32. The van der Waals surface area contributed by atoms with Crippen molar-refractivity contribution in [1.82, 2.24) is 14.8 Å². The summed E-state index contributed by atoms with van der Waals surface area (Å²) in [5.41, 5.74) is -1.70. The molecular formula is C19H12ClF3N6O3. The minimum atomic E-state index is -4.86. The number of hydrogen-bond acceptors (Lipinski definition) is 5. The molecule has 1 aromatic carbocycles. The van der Waals surface area contributed by atoms with Crippen LogP contribution in [0.15, 0.2) is 36.5 Å². The summed E-state index contributed by atoms with van der Waals surface area (Å²) in [6.45, 7) is 1.48. The predicted octanol–water partition coefficient (Wildman–Crippen LogP) is 4.46. The highest BCUT2D eigenvalue weighted by Gasteiger charge is 2.36. The highest BCUT2D eigenvalue weighted by molar-refractivity contribution is 6.32. The molecule has 13 heteroatoms. The maximum Gasteiger partial charge on any atom is 0.435 e. The van der Waals surface area contributed by atoms with E-state index in [0.29, 0.717) is 16.3 Å². The smallest absolute Gasteiger partial charge is 0.435 e. The molecule has 0 bridgehead atoms. The third-order valence-electron chi connectivity index (χ3n) is 4.12. The maximum atomic E-state index is 13.3. The molecule has 164 valence electrons. The SMILES string of the molecule is Cc1cc(C#N)cc(NC(=O)O)c1NC(=O)c1cc(C(F)(F)F)nn1-c1ncccc1Cl. The fourth-order valence-corrected chi connectivity index (χ4v) is 2.99. The van der Waals surface area contributed by atoms with E-state index in [4.69, 9.17) is 22.0 Å². The number of benzene rings is 1. The molecule has 0 radical (unpaired) electrons. The Hall–Kier alpha value is -4.11. The van der Waals surface area contributed by atoms with Crippen molar-refractivity contribution in [3.63, 3.8) is 0 Å². The van der Waals surface area contributed by atoms with E-state index >= 15 is 0 Å². The Kier molecular flexibility index (Phi) is 6.04. The summed E-state index contributed by atoms with van der Waals surface area (Å²) >= 11 is 6.02. The van der Waals surface area contributed by atoms with Gasteiger partial charge in [0.1, 0.15) is 5.69 Å². The van der Waals surface area contributed by atoms with Crippen molar-refractivity contribution in [3.8, 4) is 11.9 Å². The molecular weight excluding hydrogens is 453 g/mol. The first kappa shape index (κ1) is 22.6. The van der Waals surface area contributed by atoms with Gasteiger partial charge in [0, 0.05) is 12.3 Å². The minimum Gasteiger partial charge on any atom is -0.465 e. The zero-order valence-corrected chi connectivity index (χ0v) is 16.8. The molecule has 3 aromatic rings. The Labute approximate surface area is 183 Å². The van der Waals surface area contributed by atoms with Crippen LogP contribution in [0.5, 0.6) is 0 Å². The molecule has 0 fully saturated rings. The molecule has 0 atom stereocenters. The number of carbonyl (C=O) groups excluding carboxylic acids is 1. The summed E-state index contributed by atoms with van der Waals surface area (Å²) < 4.78 is 40.5. The van der Waals surface area contributed by atoms with Crippen molar-refractivity contribution in [1.29, 1.82) is 5.26 Å². The van der Waals surface area contributed by atoms with Gasteiger partial charge in [-0.15, -0.1) is 0 Å². The van der Waals surface area contributed by atoms with Crippen molar-refractivity contribution in [3.05, 3.63) is 64.1 Å². The molecule has 3 N–H and O–H groups in total. The number of amides is 2. The number of pyridine rings is 1. The zero-order valence-electron chi connectivity index (χ0n) is 16.0. The van der Waals surface area contributed by atoms with Gasteiger partial charge in [0.2, 0.25) is 0 Å². The third-order valence-corrected chi connectivity index (χ3v) is 4.41. The summed E-state index contributed by atoms with van der Waals surface area (Å²) in [6.07, 6.45) is -5.07. The van der Waals surface area contributed by atoms with Gasteiger partial charge in [0.05, 0.1) is 28.0 Å². The van der Waals surface area contributed by atoms with Crippen LogP contribution in [0.3, 0.4) is 0 Å². The summed E-state index contributed by atoms with van der Waals surface area (Å²) in [6, 6.07) is 7.71. The molecule has 2 aromatic heterocycles. The second kappa shape index (κ2) is 8.56. The average Bonchev–Trinajstić information content (AvgIpc) is 3.16. The fraction of sp³-hybridized carbons (Fsp3) is 0.105. The Morgan fingerprint density at radius 3 is 2.56 bits per heavy atom. The zero-order chi connectivity index (χ0) is 23.6. The lowest BCUT2D eigenvalue weighted by atomic mass is 10.1. The molecule has 0 aliphatic heterocycles. The lowest BCUT2D eigenvalue weighted by molar-refractivity contribution is -0.141. The highest BCUT2D eigenvalue weighted by atomic mass is 35.5. The van der Waals surface area contributed by atoms with Gasteiger partial charge in [-0.3, -0.25) is 10.1 Å². The maximum absolute atomic E-state index is 13.3. The van der Waals surface area contributed by atoms with E-state index in [9.17, 15) is 22.8 Å². The van der Waals surface area contributed by atoms with Gasteiger partial charge in [-0.05, 0) is 36.8 Å². The second-order valence-electron chi connectivity index (χ2n) is 6.34. The van der Waals surface area contributed by atoms with E-state index in [0.717, 1.165) is 0 Å². The number of nitrogens with one attached hydrogen (secondary N) is 2. The molecule has 0 saturated carbocycles. The van der Waals surface area contributed by atoms with Crippen LogP contribution in [0, 0.1) is 18.3 Å². The quantitative estimate of drug-likeness (QED) is 0.522. The van der Waals surface area contributed by atoms with Gasteiger partial charge < -0.3 is 10.4 Å². The summed E-state index contributed by atoms with van der Waals surface area (Å²) in [5.74, 6) is -1.26. The lowest BCUT2D eigenvalue weighted by Gasteiger charge is -2.15. The van der Waals surface area contributed by atoms with Crippen molar-refractivity contribution in [2.75, 3.05) is 10.6 Å². The molecule has 2 heterocycles. The molecule has 2 amide bonds. The van der Waals surface area contributed by atoms with Crippen molar-refractivity contribution in [2.24, 2.45) is 0 Å². The molecule has 32 heavy (non-hydrogen) atoms. The number of rotatable bonds is 4. The van der Waals surface area contributed by atoms with Crippen LogP contribution in [-0.2, 0) is 6.18 Å². The summed E-state index contributed by atoms with van der Waals surface area (Å²) in [5, 5.41) is 25.9. The van der Waals surface area contributed by atoms with Crippen molar-refractivity contribution >= 4 is 35.0 Å². The standard InChI is InChI=1S/C19H12ClF3N6O3/c1-9-5-10(8-24)6-12(26-18(31)32)15(9)27-17(30)13-7-14(19(21,22)23)28-29(13)16-11(20)3-2-4-25-16/h2-7,26H,1H3,(H,27,30)(H,31,32). The van der Waals surface area contributed by atoms with Crippen LogP contribution in [0.4, 0.5) is 29.3 Å². The number of carbonyl (C=O) groups is 2. The second-order valence-corrected chi connectivity index (χ2v) is 6.75. The van der Waals surface area contributed by atoms with E-state index in [2.05, 4.69) is 15.4 Å². The van der Waals surface area contributed by atoms with Gasteiger partial charge in [-0.2, -0.15) is 23.5 Å². The van der Waals surface area contributed by atoms with E-state index in [1.54, 1.807) is 0 Å². The Balaban J connectivity index is 2.11. The number of alkyl halides is 3. The fourth-order valence-electron chi connectivity index (χ4n) is 2.79. The van der Waals surface area contributed by atoms with Crippen LogP contribution in [0.2, 0.25) is 5.02 Å². The molecule has 0 aliphatic carbocycles. The van der Waals surface area contributed by atoms with Gasteiger partial charge in [0.25, 0.3) is 5.91 Å². The van der Waals surface area contributed by atoms with Crippen LogP contribution in [0.25, 0.3) is 5.82 Å². The lowest BCUT2D eigenvalue weighted by Crippen LogP contribution is -2.20. The monoisotopic (exact) mass is 464 g/mol. The van der Waals surface area contributed by atoms with Crippen LogP contribution < -0.4 is 10.6 Å². The number of aromatic nitrogens is 3. The molecule has 3 rings (SSSR count). The number of nitrogens with zero attached hydrogens (tertiary/aromatic N) is 4. The van der Waals surface area contributed by atoms with Gasteiger partial charge in [-0.25, -0.2) is 14.5 Å². The minimum absolute atomic E-state index is 0.0511. The Morgan fingerprint density at radius 1 is 1.25 bits per heavy atom. The van der Waals surface area contributed by atoms with Crippen LogP contribution in [-0.4, -0.2) is 31.9 Å². The van der Waals surface area contributed by atoms with Gasteiger partial charge in [0.15, 0.2) is 11.5 Å². The number of hydrogen-bond donors (Lipinski definition) is 3.